The number of piperazine rings is 1. The van der Waals surface area contributed by atoms with Gasteiger partial charge in [0.2, 0.25) is 5.91 Å². The molecule has 1 aliphatic carbocycles. The lowest BCUT2D eigenvalue weighted by Gasteiger charge is -2.36. The van der Waals surface area contributed by atoms with Gasteiger partial charge in [-0.25, -0.2) is 9.37 Å². The number of aryl methyl sites for hydroxylation is 2. The van der Waals surface area contributed by atoms with Crippen LogP contribution in [0.2, 0.25) is 0 Å². The zero-order chi connectivity index (χ0) is 20.1. The Morgan fingerprint density at radius 3 is 2.48 bits per heavy atom. The van der Waals surface area contributed by atoms with E-state index in [4.69, 9.17) is 10.1 Å². The number of amides is 1. The number of hydrogen-bond acceptors (Lipinski definition) is 4. The third-order valence-corrected chi connectivity index (χ3v) is 6.09. The van der Waals surface area contributed by atoms with E-state index in [1.165, 1.54) is 17.7 Å². The van der Waals surface area contributed by atoms with Crippen molar-refractivity contribution in [1.82, 2.24) is 19.5 Å². The van der Waals surface area contributed by atoms with Gasteiger partial charge in [0.15, 0.2) is 5.65 Å². The molecule has 6 nitrogen and oxygen atoms in total. The maximum atomic E-state index is 13.4. The Kier molecular flexibility index (Phi) is 4.26. The minimum absolute atomic E-state index is 0.128. The van der Waals surface area contributed by atoms with Crippen LogP contribution in [0.1, 0.15) is 30.3 Å². The number of anilines is 1. The number of rotatable bonds is 2. The Hall–Kier alpha value is -2.96. The van der Waals surface area contributed by atoms with Gasteiger partial charge in [-0.05, 0) is 43.9 Å². The fraction of sp³-hybridized carbons (Fsp3) is 0.409. The monoisotopic (exact) mass is 393 g/mol. The van der Waals surface area contributed by atoms with E-state index in [0.717, 1.165) is 79.4 Å². The Bertz CT molecular complexity index is 1100. The molecule has 29 heavy (non-hydrogen) atoms. The molecule has 0 unspecified atom stereocenters. The zero-order valence-corrected chi connectivity index (χ0v) is 16.8. The summed E-state index contributed by atoms with van der Waals surface area (Å²) in [6.45, 7) is 6.63. The van der Waals surface area contributed by atoms with Gasteiger partial charge in [-0.15, -0.1) is 0 Å². The van der Waals surface area contributed by atoms with Crippen molar-refractivity contribution in [3.05, 3.63) is 47.0 Å². The van der Waals surface area contributed by atoms with Gasteiger partial charge in [0.25, 0.3) is 0 Å². The topological polar surface area (TPSA) is 53.7 Å². The van der Waals surface area contributed by atoms with Gasteiger partial charge in [0.1, 0.15) is 11.6 Å². The molecule has 0 bridgehead atoms. The van der Waals surface area contributed by atoms with E-state index < -0.39 is 0 Å². The van der Waals surface area contributed by atoms with Crippen molar-refractivity contribution in [2.45, 2.75) is 33.1 Å². The number of aromatic nitrogens is 3. The molecule has 3 aromatic rings. The van der Waals surface area contributed by atoms with Gasteiger partial charge in [-0.3, -0.25) is 4.79 Å². The van der Waals surface area contributed by atoms with Gasteiger partial charge >= 0.3 is 0 Å². The number of halogens is 1. The predicted molar refractivity (Wildman–Crippen MR) is 110 cm³/mol. The SMILES string of the molecule is CC(=O)N1CCN(c2c3c(nc4c(-c5ccc(F)cc5)c(C)nn24)CCC3)CC1. The third kappa shape index (κ3) is 2.96. The second kappa shape index (κ2) is 6.83. The lowest BCUT2D eigenvalue weighted by Crippen LogP contribution is -2.49. The summed E-state index contributed by atoms with van der Waals surface area (Å²) in [5.74, 6) is 0.992. The highest BCUT2D eigenvalue weighted by molar-refractivity contribution is 5.82. The molecule has 1 amide bonds. The Balaban J connectivity index is 1.65. The summed E-state index contributed by atoms with van der Waals surface area (Å²) in [6, 6.07) is 6.54. The smallest absolute Gasteiger partial charge is 0.219 e. The van der Waals surface area contributed by atoms with E-state index >= 15 is 0 Å². The van der Waals surface area contributed by atoms with Crippen LogP contribution in [-0.2, 0) is 17.6 Å². The van der Waals surface area contributed by atoms with E-state index in [9.17, 15) is 9.18 Å². The maximum Gasteiger partial charge on any atom is 0.219 e. The van der Waals surface area contributed by atoms with Crippen molar-refractivity contribution in [1.29, 1.82) is 0 Å². The molecule has 0 N–H and O–H groups in total. The second-order valence-electron chi connectivity index (χ2n) is 7.91. The molecule has 0 atom stereocenters. The van der Waals surface area contributed by atoms with Crippen LogP contribution in [0.25, 0.3) is 16.8 Å². The van der Waals surface area contributed by atoms with Crippen LogP contribution < -0.4 is 4.90 Å². The highest BCUT2D eigenvalue weighted by Crippen LogP contribution is 2.36. The molecule has 1 aliphatic heterocycles. The summed E-state index contributed by atoms with van der Waals surface area (Å²) in [6.07, 6.45) is 3.07. The molecule has 0 radical (unpaired) electrons. The van der Waals surface area contributed by atoms with Crippen molar-refractivity contribution >= 4 is 17.4 Å². The van der Waals surface area contributed by atoms with Crippen LogP contribution in [0.3, 0.4) is 0 Å². The van der Waals surface area contributed by atoms with E-state index in [-0.39, 0.29) is 11.7 Å². The molecule has 5 rings (SSSR count). The van der Waals surface area contributed by atoms with Gasteiger partial charge in [-0.1, -0.05) is 12.1 Å². The van der Waals surface area contributed by atoms with Gasteiger partial charge < -0.3 is 9.80 Å². The first-order chi connectivity index (χ1) is 14.0. The molecule has 1 fully saturated rings. The van der Waals surface area contributed by atoms with Crippen molar-refractivity contribution in [3.8, 4) is 11.1 Å². The highest BCUT2D eigenvalue weighted by Gasteiger charge is 2.29. The van der Waals surface area contributed by atoms with Crippen LogP contribution in [0.4, 0.5) is 10.2 Å². The summed E-state index contributed by atoms with van der Waals surface area (Å²) in [4.78, 5) is 21.0. The molecule has 7 heteroatoms. The lowest BCUT2D eigenvalue weighted by atomic mass is 10.1. The first-order valence-electron chi connectivity index (χ1n) is 10.2. The molecule has 1 aromatic carbocycles. The number of hydrogen-bond donors (Lipinski definition) is 0. The molecule has 3 heterocycles. The summed E-state index contributed by atoms with van der Waals surface area (Å²) < 4.78 is 15.4. The summed E-state index contributed by atoms with van der Waals surface area (Å²) in [5, 5.41) is 4.86. The van der Waals surface area contributed by atoms with Gasteiger partial charge in [-0.2, -0.15) is 9.61 Å². The van der Waals surface area contributed by atoms with Crippen molar-refractivity contribution in [2.24, 2.45) is 0 Å². The van der Waals surface area contributed by atoms with E-state index in [0.29, 0.717) is 0 Å². The highest BCUT2D eigenvalue weighted by atomic mass is 19.1. The Morgan fingerprint density at radius 2 is 1.79 bits per heavy atom. The van der Waals surface area contributed by atoms with Crippen LogP contribution in [0.15, 0.2) is 24.3 Å². The van der Waals surface area contributed by atoms with Crippen LogP contribution in [-0.4, -0.2) is 51.6 Å². The molecule has 0 saturated carbocycles. The predicted octanol–water partition coefficient (Wildman–Crippen LogP) is 3.00. The number of fused-ring (bicyclic) bond motifs is 2. The summed E-state index contributed by atoms with van der Waals surface area (Å²) in [7, 11) is 0. The van der Waals surface area contributed by atoms with Crippen LogP contribution in [0, 0.1) is 12.7 Å². The summed E-state index contributed by atoms with van der Waals surface area (Å²) >= 11 is 0. The second-order valence-corrected chi connectivity index (χ2v) is 7.91. The first kappa shape index (κ1) is 18.1. The van der Waals surface area contributed by atoms with Crippen LogP contribution >= 0.6 is 0 Å². The zero-order valence-electron chi connectivity index (χ0n) is 16.8. The third-order valence-electron chi connectivity index (χ3n) is 6.09. The number of nitrogens with zero attached hydrogens (tertiary/aromatic N) is 5. The van der Waals surface area contributed by atoms with Crippen LogP contribution in [0.5, 0.6) is 0 Å². The van der Waals surface area contributed by atoms with Crippen molar-refractivity contribution in [3.63, 3.8) is 0 Å². The van der Waals surface area contributed by atoms with Crippen molar-refractivity contribution in [2.75, 3.05) is 31.1 Å². The molecule has 0 spiro atoms. The number of carbonyl (C=O) groups excluding carboxylic acids is 1. The molecule has 150 valence electrons. The molecule has 2 aliphatic rings. The first-order valence-corrected chi connectivity index (χ1v) is 10.2. The number of benzene rings is 1. The Morgan fingerprint density at radius 1 is 1.07 bits per heavy atom. The minimum atomic E-state index is -0.249. The summed E-state index contributed by atoms with van der Waals surface area (Å²) in [5.41, 5.74) is 6.03. The van der Waals surface area contributed by atoms with E-state index in [2.05, 4.69) is 4.90 Å². The van der Waals surface area contributed by atoms with E-state index in [1.807, 2.05) is 16.3 Å². The normalized spacial score (nSPS) is 16.5. The van der Waals surface area contributed by atoms with Gasteiger partial charge in [0, 0.05) is 49.9 Å². The molecule has 1 saturated heterocycles. The van der Waals surface area contributed by atoms with Crippen molar-refractivity contribution < 1.29 is 9.18 Å². The van der Waals surface area contributed by atoms with E-state index in [1.54, 1.807) is 19.1 Å². The number of carbonyl (C=O) groups is 1. The lowest BCUT2D eigenvalue weighted by molar-refractivity contribution is -0.129. The standard InChI is InChI=1S/C22H24FN5O/c1-14-20(16-6-8-17(23)9-7-16)21-24-19-5-3-4-18(19)22(28(21)25-14)27-12-10-26(11-13-27)15(2)29/h6-9H,3-5,10-13H2,1-2H3. The average molecular weight is 393 g/mol. The quantitative estimate of drug-likeness (QED) is 0.672. The fourth-order valence-corrected chi connectivity index (χ4v) is 4.63. The molecular weight excluding hydrogens is 369 g/mol. The Labute approximate surface area is 168 Å². The minimum Gasteiger partial charge on any atom is -0.353 e. The van der Waals surface area contributed by atoms with Gasteiger partial charge in [0.05, 0.1) is 5.69 Å². The maximum absolute atomic E-state index is 13.4. The molecular formula is C22H24FN5O. The average Bonchev–Trinajstić information content (AvgIpc) is 3.30. The largest absolute Gasteiger partial charge is 0.353 e. The molecule has 2 aromatic heterocycles. The fourth-order valence-electron chi connectivity index (χ4n) is 4.63.